The summed E-state index contributed by atoms with van der Waals surface area (Å²) in [6.45, 7) is 0.157. The van der Waals surface area contributed by atoms with Crippen molar-refractivity contribution in [3.63, 3.8) is 0 Å². The standard InChI is InChI=1S/C16H15F3N4.ClH/c17-16(18,19)12-6-13(21)9-23(8-12)14-5-4-10-2-1-3-11(7-20)15(10)22-14;/h1-5,12-13H,6,8-9,21H2;1H. The van der Waals surface area contributed by atoms with Crippen LogP contribution in [0.2, 0.25) is 0 Å². The molecule has 2 unspecified atom stereocenters. The number of alkyl halides is 3. The summed E-state index contributed by atoms with van der Waals surface area (Å²) >= 11 is 0. The molecule has 0 amide bonds. The molecule has 0 bridgehead atoms. The van der Waals surface area contributed by atoms with E-state index in [1.54, 1.807) is 29.2 Å². The van der Waals surface area contributed by atoms with Crippen LogP contribution in [0.3, 0.4) is 0 Å². The summed E-state index contributed by atoms with van der Waals surface area (Å²) in [5.74, 6) is -1.04. The van der Waals surface area contributed by atoms with E-state index in [9.17, 15) is 13.2 Å². The molecular formula is C16H16ClF3N4. The zero-order chi connectivity index (χ0) is 16.6. The highest BCUT2D eigenvalue weighted by Crippen LogP contribution is 2.34. The predicted molar refractivity (Wildman–Crippen MR) is 88.1 cm³/mol. The normalized spacial score (nSPS) is 21.2. The second-order valence-corrected chi connectivity index (χ2v) is 5.80. The van der Waals surface area contributed by atoms with Crippen LogP contribution in [-0.2, 0) is 0 Å². The van der Waals surface area contributed by atoms with Gasteiger partial charge >= 0.3 is 6.18 Å². The van der Waals surface area contributed by atoms with Crippen molar-refractivity contribution >= 4 is 29.1 Å². The van der Waals surface area contributed by atoms with E-state index in [0.717, 1.165) is 5.39 Å². The Kier molecular flexibility index (Phi) is 5.21. The Bertz CT molecular complexity index is 772. The number of hydrogen-bond acceptors (Lipinski definition) is 4. The van der Waals surface area contributed by atoms with Gasteiger partial charge in [-0.05, 0) is 24.6 Å². The van der Waals surface area contributed by atoms with Gasteiger partial charge in [-0.2, -0.15) is 18.4 Å². The maximum Gasteiger partial charge on any atom is 0.393 e. The number of rotatable bonds is 1. The number of aromatic nitrogens is 1. The number of fused-ring (bicyclic) bond motifs is 1. The molecule has 8 heteroatoms. The third-order valence-corrected chi connectivity index (χ3v) is 4.10. The minimum absolute atomic E-state index is 0. The molecular weight excluding hydrogens is 341 g/mol. The first-order chi connectivity index (χ1) is 10.9. The first-order valence-electron chi connectivity index (χ1n) is 7.25. The Hall–Kier alpha value is -2.04. The van der Waals surface area contributed by atoms with Gasteiger partial charge in [-0.1, -0.05) is 12.1 Å². The van der Waals surface area contributed by atoms with Crippen molar-refractivity contribution in [3.8, 4) is 6.07 Å². The van der Waals surface area contributed by atoms with Gasteiger partial charge in [-0.25, -0.2) is 4.98 Å². The first-order valence-corrected chi connectivity index (χ1v) is 7.25. The predicted octanol–water partition coefficient (Wildman–Crippen LogP) is 3.24. The molecule has 1 aliphatic rings. The Morgan fingerprint density at radius 3 is 2.62 bits per heavy atom. The molecule has 1 saturated heterocycles. The molecule has 1 aromatic heterocycles. The number of benzene rings is 1. The number of anilines is 1. The van der Waals surface area contributed by atoms with E-state index in [0.29, 0.717) is 23.4 Å². The molecule has 1 aromatic carbocycles. The number of halogens is 4. The number of para-hydroxylation sites is 1. The summed E-state index contributed by atoms with van der Waals surface area (Å²) in [5.41, 5.74) is 6.69. The first kappa shape index (κ1) is 18.3. The topological polar surface area (TPSA) is 65.9 Å². The zero-order valence-corrected chi connectivity index (χ0v) is 13.4. The summed E-state index contributed by atoms with van der Waals surface area (Å²) in [6, 6.07) is 10.1. The quantitative estimate of drug-likeness (QED) is 0.851. The van der Waals surface area contributed by atoms with Crippen LogP contribution in [0.5, 0.6) is 0 Å². The van der Waals surface area contributed by atoms with Crippen LogP contribution >= 0.6 is 12.4 Å². The maximum absolute atomic E-state index is 13.0. The number of pyridine rings is 1. The van der Waals surface area contributed by atoms with Gasteiger partial charge in [-0.15, -0.1) is 12.4 Å². The average molecular weight is 357 g/mol. The lowest BCUT2D eigenvalue weighted by molar-refractivity contribution is -0.177. The third kappa shape index (κ3) is 3.55. The van der Waals surface area contributed by atoms with Crippen molar-refractivity contribution in [1.29, 1.82) is 5.26 Å². The lowest BCUT2D eigenvalue weighted by Gasteiger charge is -2.37. The van der Waals surface area contributed by atoms with Crippen molar-refractivity contribution in [1.82, 2.24) is 4.98 Å². The van der Waals surface area contributed by atoms with Crippen LogP contribution in [0.25, 0.3) is 10.9 Å². The molecule has 0 spiro atoms. The summed E-state index contributed by atoms with van der Waals surface area (Å²) in [5, 5.41) is 9.93. The van der Waals surface area contributed by atoms with Gasteiger partial charge in [-0.3, -0.25) is 0 Å². The molecule has 2 N–H and O–H groups in total. The van der Waals surface area contributed by atoms with E-state index in [4.69, 9.17) is 11.0 Å². The molecule has 24 heavy (non-hydrogen) atoms. The Morgan fingerprint density at radius 2 is 1.96 bits per heavy atom. The minimum atomic E-state index is -4.27. The Morgan fingerprint density at radius 1 is 1.21 bits per heavy atom. The van der Waals surface area contributed by atoms with Gasteiger partial charge in [0, 0.05) is 24.5 Å². The Labute approximate surface area is 143 Å². The fourth-order valence-corrected chi connectivity index (χ4v) is 2.97. The van der Waals surface area contributed by atoms with Crippen molar-refractivity contribution in [2.45, 2.75) is 18.6 Å². The van der Waals surface area contributed by atoms with Crippen LogP contribution in [0, 0.1) is 17.2 Å². The number of nitrogens with two attached hydrogens (primary N) is 1. The molecule has 0 radical (unpaired) electrons. The molecule has 0 saturated carbocycles. The monoisotopic (exact) mass is 356 g/mol. The van der Waals surface area contributed by atoms with E-state index in [1.807, 2.05) is 6.07 Å². The fourth-order valence-electron chi connectivity index (χ4n) is 2.97. The van der Waals surface area contributed by atoms with E-state index in [1.165, 1.54) is 0 Å². The molecule has 2 atom stereocenters. The summed E-state index contributed by atoms with van der Waals surface area (Å²) in [4.78, 5) is 5.96. The van der Waals surface area contributed by atoms with Gasteiger partial charge in [0.05, 0.1) is 17.0 Å². The van der Waals surface area contributed by atoms with Gasteiger partial charge in [0.15, 0.2) is 0 Å². The minimum Gasteiger partial charge on any atom is -0.354 e. The molecule has 2 heterocycles. The van der Waals surface area contributed by atoms with Gasteiger partial charge in [0.2, 0.25) is 0 Å². The van der Waals surface area contributed by atoms with E-state index < -0.39 is 18.1 Å². The lowest BCUT2D eigenvalue weighted by Crippen LogP contribution is -2.51. The second kappa shape index (κ2) is 6.83. The van der Waals surface area contributed by atoms with Gasteiger partial charge in [0.25, 0.3) is 0 Å². The number of nitriles is 1. The van der Waals surface area contributed by atoms with Crippen LogP contribution in [0.4, 0.5) is 19.0 Å². The van der Waals surface area contributed by atoms with Crippen molar-refractivity contribution < 1.29 is 13.2 Å². The molecule has 1 aliphatic heterocycles. The third-order valence-electron chi connectivity index (χ3n) is 4.10. The fraction of sp³-hybridized carbons (Fsp3) is 0.375. The van der Waals surface area contributed by atoms with Crippen LogP contribution in [-0.4, -0.2) is 30.3 Å². The molecule has 0 aliphatic carbocycles. The molecule has 1 fully saturated rings. The molecule has 3 rings (SSSR count). The summed E-state index contributed by atoms with van der Waals surface area (Å²) < 4.78 is 39.1. The SMILES string of the molecule is Cl.N#Cc1cccc2ccc(N3CC(N)CC(C(F)(F)F)C3)nc12. The summed E-state index contributed by atoms with van der Waals surface area (Å²) in [7, 11) is 0. The van der Waals surface area contributed by atoms with Crippen molar-refractivity contribution in [3.05, 3.63) is 35.9 Å². The maximum atomic E-state index is 13.0. The number of hydrogen-bond donors (Lipinski definition) is 1. The van der Waals surface area contributed by atoms with Crippen molar-refractivity contribution in [2.24, 2.45) is 11.7 Å². The van der Waals surface area contributed by atoms with E-state index >= 15 is 0 Å². The second-order valence-electron chi connectivity index (χ2n) is 5.80. The van der Waals surface area contributed by atoms with E-state index in [2.05, 4.69) is 11.1 Å². The van der Waals surface area contributed by atoms with Crippen molar-refractivity contribution in [2.75, 3.05) is 18.0 Å². The van der Waals surface area contributed by atoms with Crippen LogP contribution in [0.1, 0.15) is 12.0 Å². The number of nitrogens with zero attached hydrogens (tertiary/aromatic N) is 3. The molecule has 128 valence electrons. The smallest absolute Gasteiger partial charge is 0.354 e. The number of piperidine rings is 1. The highest BCUT2D eigenvalue weighted by molar-refractivity contribution is 5.86. The Balaban J connectivity index is 0.00000208. The van der Waals surface area contributed by atoms with Crippen LogP contribution < -0.4 is 10.6 Å². The van der Waals surface area contributed by atoms with Crippen LogP contribution in [0.15, 0.2) is 30.3 Å². The largest absolute Gasteiger partial charge is 0.393 e. The highest BCUT2D eigenvalue weighted by Gasteiger charge is 2.44. The van der Waals surface area contributed by atoms with Gasteiger partial charge in [0.1, 0.15) is 11.9 Å². The average Bonchev–Trinajstić information content (AvgIpc) is 2.52. The lowest BCUT2D eigenvalue weighted by atomic mass is 9.94. The summed E-state index contributed by atoms with van der Waals surface area (Å²) in [6.07, 6.45) is -4.35. The van der Waals surface area contributed by atoms with E-state index in [-0.39, 0.29) is 25.4 Å². The zero-order valence-electron chi connectivity index (χ0n) is 12.6. The highest BCUT2D eigenvalue weighted by atomic mass is 35.5. The molecule has 4 nitrogen and oxygen atoms in total. The molecule has 2 aromatic rings. The van der Waals surface area contributed by atoms with Gasteiger partial charge < -0.3 is 10.6 Å².